The third-order valence-electron chi connectivity index (χ3n) is 2.34. The van der Waals surface area contributed by atoms with Gasteiger partial charge >= 0.3 is 0 Å². The van der Waals surface area contributed by atoms with E-state index >= 15 is 0 Å². The number of ether oxygens (including phenoxy) is 1. The quantitative estimate of drug-likeness (QED) is 0.885. The SMILES string of the molecule is CCOc1ccc(-c2ccnc(C(N)=O)n2)cc1. The topological polar surface area (TPSA) is 78.1 Å². The molecule has 1 aromatic heterocycles. The lowest BCUT2D eigenvalue weighted by molar-refractivity contribution is 0.0990. The van der Waals surface area contributed by atoms with Crippen molar-refractivity contribution in [3.8, 4) is 17.0 Å². The van der Waals surface area contributed by atoms with Gasteiger partial charge in [0.2, 0.25) is 5.82 Å². The summed E-state index contributed by atoms with van der Waals surface area (Å²) in [5.41, 5.74) is 6.67. The highest BCUT2D eigenvalue weighted by atomic mass is 16.5. The van der Waals surface area contributed by atoms with E-state index in [1.165, 1.54) is 6.20 Å². The molecule has 5 heteroatoms. The Morgan fingerprint density at radius 1 is 1.28 bits per heavy atom. The Morgan fingerprint density at radius 3 is 2.61 bits per heavy atom. The first-order chi connectivity index (χ1) is 8.70. The van der Waals surface area contributed by atoms with Crippen LogP contribution in [0.5, 0.6) is 5.75 Å². The zero-order valence-electron chi connectivity index (χ0n) is 9.96. The minimum atomic E-state index is -0.636. The minimum Gasteiger partial charge on any atom is -0.494 e. The lowest BCUT2D eigenvalue weighted by Crippen LogP contribution is -2.15. The molecule has 2 N–H and O–H groups in total. The number of aromatic nitrogens is 2. The molecule has 2 rings (SSSR count). The summed E-state index contributed by atoms with van der Waals surface area (Å²) in [6, 6.07) is 9.17. The van der Waals surface area contributed by atoms with Crippen LogP contribution in [-0.4, -0.2) is 22.5 Å². The predicted octanol–water partition coefficient (Wildman–Crippen LogP) is 1.64. The molecule has 0 aliphatic carbocycles. The molecule has 0 radical (unpaired) electrons. The number of primary amides is 1. The molecule has 0 aliphatic heterocycles. The second kappa shape index (κ2) is 5.27. The van der Waals surface area contributed by atoms with Crippen LogP contribution in [0.3, 0.4) is 0 Å². The van der Waals surface area contributed by atoms with Gasteiger partial charge in [-0.2, -0.15) is 0 Å². The number of nitrogens with two attached hydrogens (primary N) is 1. The Hall–Kier alpha value is -2.43. The van der Waals surface area contributed by atoms with Crippen LogP contribution < -0.4 is 10.5 Å². The summed E-state index contributed by atoms with van der Waals surface area (Å²) in [5, 5.41) is 0. The molecule has 0 saturated heterocycles. The molecule has 0 fully saturated rings. The van der Waals surface area contributed by atoms with E-state index in [0.29, 0.717) is 12.3 Å². The summed E-state index contributed by atoms with van der Waals surface area (Å²) in [6.45, 7) is 2.55. The standard InChI is InChI=1S/C13H13N3O2/c1-2-18-10-5-3-9(4-6-10)11-7-8-15-13(16-11)12(14)17/h3-8H,2H2,1H3,(H2,14,17). The van der Waals surface area contributed by atoms with E-state index in [0.717, 1.165) is 11.3 Å². The van der Waals surface area contributed by atoms with Gasteiger partial charge in [-0.1, -0.05) is 0 Å². The number of carbonyl (C=O) groups excluding carboxylic acids is 1. The Bertz CT molecular complexity index is 552. The highest BCUT2D eigenvalue weighted by Gasteiger charge is 2.06. The van der Waals surface area contributed by atoms with Crippen molar-refractivity contribution in [2.75, 3.05) is 6.61 Å². The summed E-state index contributed by atoms with van der Waals surface area (Å²) in [4.78, 5) is 18.9. The van der Waals surface area contributed by atoms with Crippen molar-refractivity contribution in [2.24, 2.45) is 5.73 Å². The zero-order valence-corrected chi connectivity index (χ0v) is 9.96. The van der Waals surface area contributed by atoms with Gasteiger partial charge in [-0.15, -0.1) is 0 Å². The first-order valence-corrected chi connectivity index (χ1v) is 5.57. The summed E-state index contributed by atoms with van der Waals surface area (Å²) >= 11 is 0. The lowest BCUT2D eigenvalue weighted by Gasteiger charge is -2.05. The highest BCUT2D eigenvalue weighted by Crippen LogP contribution is 2.20. The van der Waals surface area contributed by atoms with Crippen molar-refractivity contribution in [1.82, 2.24) is 9.97 Å². The lowest BCUT2D eigenvalue weighted by atomic mass is 10.1. The molecule has 2 aromatic rings. The van der Waals surface area contributed by atoms with Crippen molar-refractivity contribution in [1.29, 1.82) is 0 Å². The van der Waals surface area contributed by atoms with Crippen LogP contribution in [0.25, 0.3) is 11.3 Å². The summed E-state index contributed by atoms with van der Waals surface area (Å²) < 4.78 is 5.35. The average molecular weight is 243 g/mol. The maximum atomic E-state index is 11.0. The second-order valence-electron chi connectivity index (χ2n) is 3.59. The van der Waals surface area contributed by atoms with Gasteiger partial charge in [0.25, 0.3) is 5.91 Å². The van der Waals surface area contributed by atoms with Gasteiger partial charge in [0.1, 0.15) is 5.75 Å². The smallest absolute Gasteiger partial charge is 0.286 e. The molecule has 1 heterocycles. The molecule has 1 amide bonds. The molecule has 0 aliphatic rings. The summed E-state index contributed by atoms with van der Waals surface area (Å²) in [6.07, 6.45) is 1.51. The number of nitrogens with zero attached hydrogens (tertiary/aromatic N) is 2. The van der Waals surface area contributed by atoms with E-state index in [2.05, 4.69) is 9.97 Å². The molecular weight excluding hydrogens is 230 g/mol. The minimum absolute atomic E-state index is 0.0152. The molecule has 0 spiro atoms. The van der Waals surface area contributed by atoms with Gasteiger partial charge in [-0.25, -0.2) is 9.97 Å². The number of hydrogen-bond donors (Lipinski definition) is 1. The Labute approximate surface area is 105 Å². The van der Waals surface area contributed by atoms with Crippen LogP contribution in [0.1, 0.15) is 17.5 Å². The number of hydrogen-bond acceptors (Lipinski definition) is 4. The fourth-order valence-electron chi connectivity index (χ4n) is 1.53. The van der Waals surface area contributed by atoms with E-state index in [-0.39, 0.29) is 5.82 Å². The molecule has 0 atom stereocenters. The molecule has 0 bridgehead atoms. The van der Waals surface area contributed by atoms with E-state index in [1.54, 1.807) is 6.07 Å². The van der Waals surface area contributed by atoms with E-state index < -0.39 is 5.91 Å². The molecular formula is C13H13N3O2. The van der Waals surface area contributed by atoms with Gasteiger partial charge in [0, 0.05) is 11.8 Å². The summed E-state index contributed by atoms with van der Waals surface area (Å²) in [7, 11) is 0. The Morgan fingerprint density at radius 2 is 2.00 bits per heavy atom. The zero-order chi connectivity index (χ0) is 13.0. The van der Waals surface area contributed by atoms with Gasteiger partial charge in [0.05, 0.1) is 12.3 Å². The first kappa shape index (κ1) is 12.0. The number of carbonyl (C=O) groups is 1. The Balaban J connectivity index is 2.30. The molecule has 5 nitrogen and oxygen atoms in total. The van der Waals surface area contributed by atoms with Crippen LogP contribution in [0.4, 0.5) is 0 Å². The van der Waals surface area contributed by atoms with Crippen LogP contribution in [-0.2, 0) is 0 Å². The van der Waals surface area contributed by atoms with Gasteiger partial charge in [-0.05, 0) is 37.3 Å². The predicted molar refractivity (Wildman–Crippen MR) is 67.2 cm³/mol. The van der Waals surface area contributed by atoms with Crippen LogP contribution in [0.15, 0.2) is 36.5 Å². The van der Waals surface area contributed by atoms with E-state index in [4.69, 9.17) is 10.5 Å². The van der Waals surface area contributed by atoms with E-state index in [9.17, 15) is 4.79 Å². The van der Waals surface area contributed by atoms with Crippen molar-refractivity contribution in [2.45, 2.75) is 6.92 Å². The van der Waals surface area contributed by atoms with Crippen molar-refractivity contribution >= 4 is 5.91 Å². The van der Waals surface area contributed by atoms with Gasteiger partial charge in [0.15, 0.2) is 0 Å². The van der Waals surface area contributed by atoms with Gasteiger partial charge in [-0.3, -0.25) is 4.79 Å². The van der Waals surface area contributed by atoms with Crippen LogP contribution in [0.2, 0.25) is 0 Å². The largest absolute Gasteiger partial charge is 0.494 e. The Kier molecular flexibility index (Phi) is 3.52. The number of rotatable bonds is 4. The van der Waals surface area contributed by atoms with Crippen molar-refractivity contribution in [3.05, 3.63) is 42.4 Å². The number of benzene rings is 1. The maximum absolute atomic E-state index is 11.0. The molecule has 18 heavy (non-hydrogen) atoms. The fraction of sp³-hybridized carbons (Fsp3) is 0.154. The second-order valence-corrected chi connectivity index (χ2v) is 3.59. The highest BCUT2D eigenvalue weighted by molar-refractivity contribution is 5.89. The first-order valence-electron chi connectivity index (χ1n) is 5.57. The van der Waals surface area contributed by atoms with E-state index in [1.807, 2.05) is 31.2 Å². The van der Waals surface area contributed by atoms with Crippen LogP contribution >= 0.6 is 0 Å². The molecule has 0 saturated carbocycles. The van der Waals surface area contributed by atoms with Crippen LogP contribution in [0, 0.1) is 0 Å². The average Bonchev–Trinajstić information content (AvgIpc) is 2.40. The number of amides is 1. The third kappa shape index (κ3) is 2.63. The molecule has 0 unspecified atom stereocenters. The fourth-order valence-corrected chi connectivity index (χ4v) is 1.53. The molecule has 92 valence electrons. The van der Waals surface area contributed by atoms with Crippen molar-refractivity contribution in [3.63, 3.8) is 0 Å². The van der Waals surface area contributed by atoms with Gasteiger partial charge < -0.3 is 10.5 Å². The normalized spacial score (nSPS) is 10.1. The maximum Gasteiger partial charge on any atom is 0.286 e. The summed E-state index contributed by atoms with van der Waals surface area (Å²) in [5.74, 6) is 0.176. The van der Waals surface area contributed by atoms with Crippen molar-refractivity contribution < 1.29 is 9.53 Å². The third-order valence-corrected chi connectivity index (χ3v) is 2.34. The molecule has 1 aromatic carbocycles. The monoisotopic (exact) mass is 243 g/mol.